The quantitative estimate of drug-likeness (QED) is 0.653. The molecule has 0 bridgehead atoms. The van der Waals surface area contributed by atoms with Crippen LogP contribution >= 0.6 is 0 Å². The normalized spacial score (nSPS) is 10.5. The van der Waals surface area contributed by atoms with Gasteiger partial charge in [-0.2, -0.15) is 0 Å². The van der Waals surface area contributed by atoms with Crippen LogP contribution in [-0.4, -0.2) is 36.2 Å². The molecule has 2 aromatic rings. The van der Waals surface area contributed by atoms with E-state index in [1.54, 1.807) is 25.0 Å². The molecule has 0 N–H and O–H groups in total. The Labute approximate surface area is 148 Å². The maximum Gasteiger partial charge on any atom is 0.276 e. The third kappa shape index (κ3) is 4.70. The molecule has 0 saturated carbocycles. The number of hydrogen-bond donors (Lipinski definition) is 0. The molecule has 134 valence electrons. The average molecular weight is 344 g/mol. The number of amides is 1. The zero-order valence-corrected chi connectivity index (χ0v) is 14.9. The molecule has 0 aliphatic carbocycles. The van der Waals surface area contributed by atoms with Gasteiger partial charge in [-0.15, -0.1) is 0 Å². The Morgan fingerprint density at radius 2 is 2.24 bits per heavy atom. The number of carbonyl (C=O) groups excluding carboxylic acids is 1. The van der Waals surface area contributed by atoms with Crippen LogP contribution in [0.5, 0.6) is 5.75 Å². The van der Waals surface area contributed by atoms with Gasteiger partial charge in [-0.3, -0.25) is 4.79 Å². The molecule has 25 heavy (non-hydrogen) atoms. The molecule has 0 saturated heterocycles. The van der Waals surface area contributed by atoms with Crippen molar-refractivity contribution in [2.75, 3.05) is 20.3 Å². The molecule has 0 spiro atoms. The van der Waals surface area contributed by atoms with Gasteiger partial charge in [0.1, 0.15) is 18.1 Å². The summed E-state index contributed by atoms with van der Waals surface area (Å²) in [6.07, 6.45) is 1.69. The number of methoxy groups -OCH3 is 1. The summed E-state index contributed by atoms with van der Waals surface area (Å²) >= 11 is 0. The molecule has 2 rings (SSSR count). The highest BCUT2D eigenvalue weighted by atomic mass is 16.5. The molecule has 6 heteroatoms. The smallest absolute Gasteiger partial charge is 0.276 e. The molecule has 0 atom stereocenters. The number of hydrogen-bond acceptors (Lipinski definition) is 5. The first kappa shape index (κ1) is 18.7. The van der Waals surface area contributed by atoms with Crippen molar-refractivity contribution in [3.8, 4) is 5.75 Å². The van der Waals surface area contributed by atoms with Crippen LogP contribution < -0.4 is 4.74 Å². The molecular formula is C19H24N2O4. The van der Waals surface area contributed by atoms with E-state index in [0.29, 0.717) is 43.3 Å². The topological polar surface area (TPSA) is 64.8 Å². The molecule has 6 nitrogen and oxygen atoms in total. The van der Waals surface area contributed by atoms with Crippen LogP contribution in [0.3, 0.4) is 0 Å². The van der Waals surface area contributed by atoms with Gasteiger partial charge in [0.05, 0.1) is 12.2 Å². The van der Waals surface area contributed by atoms with E-state index >= 15 is 0 Å². The van der Waals surface area contributed by atoms with Crippen molar-refractivity contribution in [2.24, 2.45) is 0 Å². The van der Waals surface area contributed by atoms with E-state index < -0.39 is 0 Å². The predicted octanol–water partition coefficient (Wildman–Crippen LogP) is 3.36. The van der Waals surface area contributed by atoms with E-state index in [4.69, 9.17) is 14.0 Å². The Hall–Kier alpha value is -2.60. The number of aryl methyl sites for hydroxylation is 1. The molecular weight excluding hydrogens is 320 g/mol. The summed E-state index contributed by atoms with van der Waals surface area (Å²) in [5, 5.41) is 3.92. The lowest BCUT2D eigenvalue weighted by atomic mass is 10.1. The molecule has 0 fully saturated rings. The van der Waals surface area contributed by atoms with Crippen molar-refractivity contribution < 1.29 is 18.8 Å². The van der Waals surface area contributed by atoms with E-state index in [-0.39, 0.29) is 5.91 Å². The fourth-order valence-electron chi connectivity index (χ4n) is 2.46. The monoisotopic (exact) mass is 344 g/mol. The lowest BCUT2D eigenvalue weighted by Crippen LogP contribution is -2.31. The summed E-state index contributed by atoms with van der Waals surface area (Å²) < 4.78 is 15.9. The summed E-state index contributed by atoms with van der Waals surface area (Å²) in [5.74, 6) is 1.17. The van der Waals surface area contributed by atoms with E-state index in [1.165, 1.54) is 0 Å². The Morgan fingerprint density at radius 3 is 2.92 bits per heavy atom. The predicted molar refractivity (Wildman–Crippen MR) is 94.5 cm³/mol. The van der Waals surface area contributed by atoms with Gasteiger partial charge in [0, 0.05) is 20.2 Å². The molecule has 1 aromatic carbocycles. The SMILES string of the molecule is C=CCOc1cccc(CN(CC)C(=O)c2noc(C)c2COC)c1. The van der Waals surface area contributed by atoms with Crippen LogP contribution in [0.1, 0.15) is 34.3 Å². The van der Waals surface area contributed by atoms with Crippen LogP contribution in [0.2, 0.25) is 0 Å². The van der Waals surface area contributed by atoms with Crippen LogP contribution in [0.15, 0.2) is 41.4 Å². The molecule has 1 amide bonds. The summed E-state index contributed by atoms with van der Waals surface area (Å²) in [6, 6.07) is 7.66. The van der Waals surface area contributed by atoms with Gasteiger partial charge < -0.3 is 18.9 Å². The van der Waals surface area contributed by atoms with Crippen LogP contribution in [-0.2, 0) is 17.9 Å². The number of carbonyl (C=O) groups is 1. The lowest BCUT2D eigenvalue weighted by Gasteiger charge is -2.20. The van der Waals surface area contributed by atoms with E-state index in [1.807, 2.05) is 31.2 Å². The Kier molecular flexibility index (Phi) is 6.77. The van der Waals surface area contributed by atoms with Crippen LogP contribution in [0.25, 0.3) is 0 Å². The maximum absolute atomic E-state index is 12.8. The minimum Gasteiger partial charge on any atom is -0.490 e. The van der Waals surface area contributed by atoms with Crippen molar-refractivity contribution in [3.05, 3.63) is 59.5 Å². The minimum atomic E-state index is -0.177. The number of ether oxygens (including phenoxy) is 2. The summed E-state index contributed by atoms with van der Waals surface area (Å²) in [5.41, 5.74) is 1.97. The number of nitrogens with zero attached hydrogens (tertiary/aromatic N) is 2. The van der Waals surface area contributed by atoms with Crippen molar-refractivity contribution >= 4 is 5.91 Å². The summed E-state index contributed by atoms with van der Waals surface area (Å²) in [7, 11) is 1.58. The molecule has 1 aromatic heterocycles. The second-order valence-corrected chi connectivity index (χ2v) is 5.57. The average Bonchev–Trinajstić information content (AvgIpc) is 2.99. The van der Waals surface area contributed by atoms with Gasteiger partial charge in [-0.1, -0.05) is 29.9 Å². The number of rotatable bonds is 9. The number of benzene rings is 1. The second kappa shape index (κ2) is 9.03. The lowest BCUT2D eigenvalue weighted by molar-refractivity contribution is 0.0737. The zero-order valence-electron chi connectivity index (χ0n) is 14.9. The van der Waals surface area contributed by atoms with Crippen molar-refractivity contribution in [1.29, 1.82) is 0 Å². The van der Waals surface area contributed by atoms with Crippen LogP contribution in [0, 0.1) is 6.92 Å². The third-order valence-corrected chi connectivity index (χ3v) is 3.78. The summed E-state index contributed by atoms with van der Waals surface area (Å²) in [4.78, 5) is 14.6. The fraction of sp³-hybridized carbons (Fsp3) is 0.368. The molecule has 0 aliphatic rings. The van der Waals surface area contributed by atoms with E-state index in [2.05, 4.69) is 11.7 Å². The Bertz CT molecular complexity index is 724. The van der Waals surface area contributed by atoms with Gasteiger partial charge >= 0.3 is 0 Å². The standard InChI is InChI=1S/C19H24N2O4/c1-5-10-24-16-9-7-8-15(11-16)12-21(6-2)19(22)18-17(13-23-4)14(3)25-20-18/h5,7-9,11H,1,6,10,12-13H2,2-4H3. The van der Waals surface area contributed by atoms with Gasteiger partial charge in [0.2, 0.25) is 0 Å². The van der Waals surface area contributed by atoms with Crippen molar-refractivity contribution in [2.45, 2.75) is 27.0 Å². The summed E-state index contributed by atoms with van der Waals surface area (Å²) in [6.45, 7) is 9.08. The Morgan fingerprint density at radius 1 is 1.44 bits per heavy atom. The van der Waals surface area contributed by atoms with Crippen molar-refractivity contribution in [1.82, 2.24) is 10.1 Å². The highest BCUT2D eigenvalue weighted by molar-refractivity contribution is 5.93. The van der Waals surface area contributed by atoms with E-state index in [9.17, 15) is 4.79 Å². The molecule has 0 radical (unpaired) electrons. The first-order valence-electron chi connectivity index (χ1n) is 8.16. The maximum atomic E-state index is 12.8. The first-order valence-corrected chi connectivity index (χ1v) is 8.16. The fourth-order valence-corrected chi connectivity index (χ4v) is 2.46. The van der Waals surface area contributed by atoms with E-state index in [0.717, 1.165) is 11.3 Å². The molecule has 1 heterocycles. The van der Waals surface area contributed by atoms with Gasteiger partial charge in [0.25, 0.3) is 5.91 Å². The highest BCUT2D eigenvalue weighted by Crippen LogP contribution is 2.19. The van der Waals surface area contributed by atoms with Crippen LogP contribution in [0.4, 0.5) is 0 Å². The largest absolute Gasteiger partial charge is 0.490 e. The van der Waals surface area contributed by atoms with Gasteiger partial charge in [0.15, 0.2) is 5.69 Å². The van der Waals surface area contributed by atoms with Gasteiger partial charge in [-0.25, -0.2) is 0 Å². The molecule has 0 aliphatic heterocycles. The second-order valence-electron chi connectivity index (χ2n) is 5.57. The number of aromatic nitrogens is 1. The van der Waals surface area contributed by atoms with Gasteiger partial charge in [-0.05, 0) is 31.5 Å². The zero-order chi connectivity index (χ0) is 18.2. The highest BCUT2D eigenvalue weighted by Gasteiger charge is 2.24. The molecule has 0 unspecified atom stereocenters. The van der Waals surface area contributed by atoms with Crippen molar-refractivity contribution in [3.63, 3.8) is 0 Å². The Balaban J connectivity index is 2.17. The first-order chi connectivity index (χ1) is 12.1. The third-order valence-electron chi connectivity index (χ3n) is 3.78. The minimum absolute atomic E-state index is 0.177.